The van der Waals surface area contributed by atoms with Gasteiger partial charge in [-0.25, -0.2) is 0 Å². The average molecular weight is 191 g/mol. The van der Waals surface area contributed by atoms with Crippen LogP contribution in [0, 0.1) is 12.8 Å². The van der Waals surface area contributed by atoms with Crippen LogP contribution in [-0.2, 0) is 6.42 Å². The molecule has 1 aromatic rings. The van der Waals surface area contributed by atoms with Gasteiger partial charge in [0.1, 0.15) is 0 Å². The second-order valence-corrected chi connectivity index (χ2v) is 4.33. The van der Waals surface area contributed by atoms with Gasteiger partial charge in [0.15, 0.2) is 0 Å². The Hall–Kier alpha value is -0.820. The largest absolute Gasteiger partial charge is 0.316 e. The van der Waals surface area contributed by atoms with Gasteiger partial charge in [-0.3, -0.25) is 0 Å². The third kappa shape index (κ3) is 3.15. The fourth-order valence-corrected chi connectivity index (χ4v) is 1.65. The van der Waals surface area contributed by atoms with E-state index in [9.17, 15) is 0 Å². The number of likely N-dealkylation sites (N-methyl/N-ethyl adjacent to an activating group) is 1. The van der Waals surface area contributed by atoms with Crippen LogP contribution in [0.3, 0.4) is 0 Å². The summed E-state index contributed by atoms with van der Waals surface area (Å²) in [6.07, 6.45) is 1.12. The fraction of sp³-hybridized carbons (Fsp3) is 0.538. The molecule has 0 fully saturated rings. The summed E-state index contributed by atoms with van der Waals surface area (Å²) in [5, 5.41) is 3.36. The zero-order chi connectivity index (χ0) is 10.6. The third-order valence-electron chi connectivity index (χ3n) is 2.75. The Kier molecular flexibility index (Phi) is 4.15. The minimum atomic E-state index is 0.581. The van der Waals surface area contributed by atoms with Gasteiger partial charge in [0.25, 0.3) is 0 Å². The van der Waals surface area contributed by atoms with Gasteiger partial charge >= 0.3 is 0 Å². The molecule has 1 rings (SSSR count). The molecule has 0 aromatic heterocycles. The molecule has 0 spiro atoms. The van der Waals surface area contributed by atoms with Crippen molar-refractivity contribution in [2.75, 3.05) is 7.05 Å². The summed E-state index contributed by atoms with van der Waals surface area (Å²) >= 11 is 0. The van der Waals surface area contributed by atoms with Crippen molar-refractivity contribution in [2.45, 2.75) is 33.2 Å². The monoisotopic (exact) mass is 191 g/mol. The van der Waals surface area contributed by atoms with E-state index in [1.54, 1.807) is 0 Å². The minimum Gasteiger partial charge on any atom is -0.316 e. The molecule has 0 heterocycles. The van der Waals surface area contributed by atoms with Crippen molar-refractivity contribution in [3.8, 4) is 0 Å². The van der Waals surface area contributed by atoms with Gasteiger partial charge in [-0.05, 0) is 31.9 Å². The van der Waals surface area contributed by atoms with Crippen molar-refractivity contribution in [3.63, 3.8) is 0 Å². The SMILES string of the molecule is CNC(Cc1ccc(C)cc1)C(C)C. The molecule has 0 bridgehead atoms. The van der Waals surface area contributed by atoms with Crippen molar-refractivity contribution in [3.05, 3.63) is 35.4 Å². The molecule has 1 atom stereocenters. The number of nitrogens with one attached hydrogen (secondary N) is 1. The van der Waals surface area contributed by atoms with E-state index in [4.69, 9.17) is 0 Å². The number of hydrogen-bond acceptors (Lipinski definition) is 1. The van der Waals surface area contributed by atoms with Crippen LogP contribution in [0.1, 0.15) is 25.0 Å². The van der Waals surface area contributed by atoms with Crippen molar-refractivity contribution >= 4 is 0 Å². The van der Waals surface area contributed by atoms with E-state index < -0.39 is 0 Å². The van der Waals surface area contributed by atoms with E-state index in [0.29, 0.717) is 12.0 Å². The smallest absolute Gasteiger partial charge is 0.0127 e. The quantitative estimate of drug-likeness (QED) is 0.771. The maximum atomic E-state index is 3.36. The Morgan fingerprint density at radius 3 is 2.14 bits per heavy atom. The van der Waals surface area contributed by atoms with Crippen LogP contribution in [0.15, 0.2) is 24.3 Å². The van der Waals surface area contributed by atoms with E-state index in [2.05, 4.69) is 50.4 Å². The van der Waals surface area contributed by atoms with Crippen LogP contribution in [0.2, 0.25) is 0 Å². The number of benzene rings is 1. The van der Waals surface area contributed by atoms with Crippen LogP contribution in [0.25, 0.3) is 0 Å². The lowest BCUT2D eigenvalue weighted by Gasteiger charge is -2.20. The van der Waals surface area contributed by atoms with Gasteiger partial charge in [-0.15, -0.1) is 0 Å². The Balaban J connectivity index is 2.63. The van der Waals surface area contributed by atoms with Gasteiger partial charge < -0.3 is 5.32 Å². The number of aryl methyl sites for hydroxylation is 1. The summed E-state index contributed by atoms with van der Waals surface area (Å²) in [5.74, 6) is 0.682. The van der Waals surface area contributed by atoms with E-state index in [1.165, 1.54) is 11.1 Å². The van der Waals surface area contributed by atoms with E-state index >= 15 is 0 Å². The zero-order valence-electron chi connectivity index (χ0n) is 9.67. The van der Waals surface area contributed by atoms with Gasteiger partial charge in [-0.2, -0.15) is 0 Å². The molecule has 1 unspecified atom stereocenters. The highest BCUT2D eigenvalue weighted by atomic mass is 14.9. The van der Waals surface area contributed by atoms with Crippen LogP contribution < -0.4 is 5.32 Å². The zero-order valence-corrected chi connectivity index (χ0v) is 9.67. The predicted molar refractivity (Wildman–Crippen MR) is 62.6 cm³/mol. The Morgan fingerprint density at radius 1 is 1.14 bits per heavy atom. The molecule has 78 valence electrons. The molecule has 1 nitrogen and oxygen atoms in total. The first kappa shape index (κ1) is 11.3. The van der Waals surface area contributed by atoms with Crippen LogP contribution in [0.4, 0.5) is 0 Å². The predicted octanol–water partition coefficient (Wildman–Crippen LogP) is 2.78. The second-order valence-electron chi connectivity index (χ2n) is 4.33. The van der Waals surface area contributed by atoms with E-state index in [0.717, 1.165) is 6.42 Å². The molecule has 14 heavy (non-hydrogen) atoms. The first-order chi connectivity index (χ1) is 6.63. The summed E-state index contributed by atoms with van der Waals surface area (Å²) in [4.78, 5) is 0. The summed E-state index contributed by atoms with van der Waals surface area (Å²) in [6, 6.07) is 9.40. The normalized spacial score (nSPS) is 13.2. The van der Waals surface area contributed by atoms with Crippen LogP contribution in [-0.4, -0.2) is 13.1 Å². The molecule has 0 aliphatic rings. The van der Waals surface area contributed by atoms with Crippen molar-refractivity contribution < 1.29 is 0 Å². The van der Waals surface area contributed by atoms with Crippen LogP contribution >= 0.6 is 0 Å². The van der Waals surface area contributed by atoms with Crippen molar-refractivity contribution in [1.82, 2.24) is 5.32 Å². The maximum Gasteiger partial charge on any atom is 0.0127 e. The minimum absolute atomic E-state index is 0.581. The molecule has 0 amide bonds. The molecule has 0 aliphatic heterocycles. The fourth-order valence-electron chi connectivity index (χ4n) is 1.65. The molecule has 1 N–H and O–H groups in total. The lowest BCUT2D eigenvalue weighted by atomic mass is 9.96. The number of rotatable bonds is 4. The van der Waals surface area contributed by atoms with E-state index in [1.807, 2.05) is 7.05 Å². The summed E-state index contributed by atoms with van der Waals surface area (Å²) < 4.78 is 0. The molecular formula is C13H21N. The molecule has 0 aliphatic carbocycles. The first-order valence-corrected chi connectivity index (χ1v) is 5.36. The standard InChI is InChI=1S/C13H21N/c1-10(2)13(14-4)9-12-7-5-11(3)6-8-12/h5-8,10,13-14H,9H2,1-4H3. The Labute approximate surface area is 87.5 Å². The summed E-state index contributed by atoms with van der Waals surface area (Å²) in [5.41, 5.74) is 2.75. The molecule has 0 saturated heterocycles. The highest BCUT2D eigenvalue weighted by molar-refractivity contribution is 5.22. The highest BCUT2D eigenvalue weighted by Crippen LogP contribution is 2.10. The third-order valence-corrected chi connectivity index (χ3v) is 2.75. The molecule has 1 heteroatoms. The second kappa shape index (κ2) is 5.16. The molecule has 0 radical (unpaired) electrons. The van der Waals surface area contributed by atoms with Gasteiger partial charge in [-0.1, -0.05) is 43.7 Å². The van der Waals surface area contributed by atoms with Gasteiger partial charge in [0, 0.05) is 6.04 Å². The summed E-state index contributed by atoms with van der Waals surface area (Å²) in [7, 11) is 2.04. The molecule has 0 saturated carbocycles. The first-order valence-electron chi connectivity index (χ1n) is 5.36. The topological polar surface area (TPSA) is 12.0 Å². The van der Waals surface area contributed by atoms with Crippen LogP contribution in [0.5, 0.6) is 0 Å². The van der Waals surface area contributed by atoms with Gasteiger partial charge in [0.2, 0.25) is 0 Å². The molecule has 1 aromatic carbocycles. The lowest BCUT2D eigenvalue weighted by molar-refractivity contribution is 0.424. The highest BCUT2D eigenvalue weighted by Gasteiger charge is 2.10. The summed E-state index contributed by atoms with van der Waals surface area (Å²) in [6.45, 7) is 6.65. The maximum absolute atomic E-state index is 3.36. The Bertz CT molecular complexity index is 261. The molecular weight excluding hydrogens is 170 g/mol. The van der Waals surface area contributed by atoms with Crippen molar-refractivity contribution in [1.29, 1.82) is 0 Å². The number of hydrogen-bond donors (Lipinski definition) is 1. The van der Waals surface area contributed by atoms with E-state index in [-0.39, 0.29) is 0 Å². The van der Waals surface area contributed by atoms with Gasteiger partial charge in [0.05, 0.1) is 0 Å². The van der Waals surface area contributed by atoms with Crippen molar-refractivity contribution in [2.24, 2.45) is 5.92 Å². The average Bonchev–Trinajstić information content (AvgIpc) is 2.16. The Morgan fingerprint density at radius 2 is 1.71 bits per heavy atom. The lowest BCUT2D eigenvalue weighted by Crippen LogP contribution is -2.32.